The van der Waals surface area contributed by atoms with E-state index in [0.717, 1.165) is 10.8 Å². The highest BCUT2D eigenvalue weighted by Gasteiger charge is 2.24. The Morgan fingerprint density at radius 2 is 0.768 bits per heavy atom. The van der Waals surface area contributed by atoms with E-state index in [2.05, 4.69) is 11.8 Å². The number of ether oxygens (including phenoxy) is 5. The molecule has 69 heavy (non-hydrogen) atoms. The van der Waals surface area contributed by atoms with E-state index in [1.807, 2.05) is 0 Å². The zero-order valence-corrected chi connectivity index (χ0v) is 36.6. The van der Waals surface area contributed by atoms with Crippen LogP contribution < -0.4 is 26.5 Å². The van der Waals surface area contributed by atoms with Gasteiger partial charge in [0, 0.05) is 0 Å². The van der Waals surface area contributed by atoms with Crippen molar-refractivity contribution in [3.8, 4) is 41.9 Å². The summed E-state index contributed by atoms with van der Waals surface area (Å²) >= 11 is 0. The molecular weight excluding hydrogens is 895 g/mol. The van der Waals surface area contributed by atoms with Crippen LogP contribution in [0.1, 0.15) is 31.1 Å². The lowest BCUT2D eigenvalue weighted by Gasteiger charge is -2.19. The number of hydrogen-bond donors (Lipinski definition) is 4. The predicted molar refractivity (Wildman–Crippen MR) is 250 cm³/mol. The normalized spacial score (nSPS) is 12.4. The van der Waals surface area contributed by atoms with Gasteiger partial charge in [-0.15, -0.1) is 12.8 Å². The number of terminal acetylenes is 2. The maximum absolute atomic E-state index is 13.8. The van der Waals surface area contributed by atoms with Gasteiger partial charge >= 0.3 is 35.0 Å². The Morgan fingerprint density at radius 1 is 0.464 bits per heavy atom. The van der Waals surface area contributed by atoms with Gasteiger partial charge < -0.3 is 44.1 Å². The van der Waals surface area contributed by atoms with Crippen LogP contribution in [0.15, 0.2) is 124 Å². The van der Waals surface area contributed by atoms with E-state index >= 15 is 0 Å². The van der Waals surface area contributed by atoms with E-state index in [4.69, 9.17) is 36.5 Å². The number of esters is 3. The van der Waals surface area contributed by atoms with Crippen LogP contribution in [0.25, 0.3) is 32.3 Å². The molecule has 0 aliphatic rings. The van der Waals surface area contributed by atoms with Crippen molar-refractivity contribution in [2.45, 2.75) is 37.9 Å². The molecule has 1 heterocycles. The van der Waals surface area contributed by atoms with Crippen molar-refractivity contribution < 1.29 is 58.5 Å². The largest absolute Gasteiger partial charge is 0.508 e. The fraction of sp³-hybridized carbons (Fsp3) is 0.216. The topological polar surface area (TPSA) is 244 Å². The highest BCUT2D eigenvalue weighted by Crippen LogP contribution is 2.25. The summed E-state index contributed by atoms with van der Waals surface area (Å²) in [6.45, 7) is -4.52. The van der Waals surface area contributed by atoms with Gasteiger partial charge in [-0.2, -0.15) is 0 Å². The molecule has 0 aliphatic carbocycles. The summed E-state index contributed by atoms with van der Waals surface area (Å²) < 4.78 is 28.1. The zero-order valence-electron chi connectivity index (χ0n) is 36.6. The van der Waals surface area contributed by atoms with E-state index in [1.54, 1.807) is 72.8 Å². The van der Waals surface area contributed by atoms with Gasteiger partial charge in [-0.05, 0) is 105 Å². The van der Waals surface area contributed by atoms with Crippen molar-refractivity contribution >= 4 is 50.2 Å². The van der Waals surface area contributed by atoms with Crippen molar-refractivity contribution in [3.63, 3.8) is 0 Å². The van der Waals surface area contributed by atoms with Crippen LogP contribution in [0.4, 0.5) is 0 Å². The minimum atomic E-state index is -1.71. The number of aromatic hydroxyl groups is 1. The van der Waals surface area contributed by atoms with Gasteiger partial charge in [-0.1, -0.05) is 48.2 Å². The number of phenols is 1. The molecule has 3 unspecified atom stereocenters. The van der Waals surface area contributed by atoms with Gasteiger partial charge in [-0.3, -0.25) is 0 Å². The van der Waals surface area contributed by atoms with Gasteiger partial charge in [0.2, 0.25) is 0 Å². The average Bonchev–Trinajstić information content (AvgIpc) is 3.35. The van der Waals surface area contributed by atoms with Crippen LogP contribution in [0, 0.1) is 24.7 Å². The molecule has 352 valence electrons. The first kappa shape index (κ1) is 48.3. The molecule has 18 heteroatoms. The number of rotatable bonds is 19. The van der Waals surface area contributed by atoms with Crippen LogP contribution in [-0.4, -0.2) is 103 Å². The van der Waals surface area contributed by atoms with Crippen molar-refractivity contribution in [1.29, 1.82) is 0 Å². The number of phenolic OH excluding ortho intramolecular Hbond substituents is 1. The van der Waals surface area contributed by atoms with Crippen molar-refractivity contribution in [2.75, 3.05) is 33.0 Å². The van der Waals surface area contributed by atoms with Crippen LogP contribution in [0.3, 0.4) is 0 Å². The maximum atomic E-state index is 13.8. The lowest BCUT2D eigenvalue weighted by Crippen LogP contribution is -2.57. The number of nitrogens with zero attached hydrogens (tertiary/aromatic N) is 3. The standard InChI is InChI=1S/C51H43N3O15/c1-3-17-65-44-15-12-32-20-38(9-6-35(32)23-44)47(60)68-29-42(57)26-53-49(62)52(25-41(56)28-67-46(59)37-8-5-34-22-40(55)14-11-31(34)19-37)50(63)54(51(53)64)27-43(58)30-69-48(61)39-10-7-36-24-45(66-18-4-2)16-13-33(36)21-39/h1-2,5-16,19-24,41-43,55-58H,17-18,25-30H2. The Bertz CT molecular complexity index is 3200. The smallest absolute Gasteiger partial charge is 0.338 e. The lowest BCUT2D eigenvalue weighted by atomic mass is 10.1. The molecule has 0 bridgehead atoms. The SMILES string of the molecule is C#CCOc1ccc2cc(C(=O)OCC(O)Cn3c(=O)n(CC(O)COC(=O)c4ccc5cc(O)ccc5c4)c(=O)n(CC(O)COC(=O)c4ccc5cc(OCC#C)ccc5c4)c3=O)ccc2c1. The van der Waals surface area contributed by atoms with Crippen LogP contribution in [0.2, 0.25) is 0 Å². The van der Waals surface area contributed by atoms with Gasteiger partial charge in [0.05, 0.1) is 36.3 Å². The molecule has 0 fully saturated rings. The fourth-order valence-corrected chi connectivity index (χ4v) is 7.20. The highest BCUT2D eigenvalue weighted by atomic mass is 16.6. The molecule has 7 rings (SSSR count). The second-order valence-corrected chi connectivity index (χ2v) is 15.6. The number of fused-ring (bicyclic) bond motifs is 3. The summed E-state index contributed by atoms with van der Waals surface area (Å²) in [4.78, 5) is 80.5. The number of hydrogen-bond acceptors (Lipinski definition) is 15. The minimum Gasteiger partial charge on any atom is -0.508 e. The first-order valence-corrected chi connectivity index (χ1v) is 21.1. The number of benzene rings is 6. The van der Waals surface area contributed by atoms with Crippen LogP contribution in [0.5, 0.6) is 17.2 Å². The molecule has 0 amide bonds. The van der Waals surface area contributed by atoms with E-state index < -0.39 is 92.7 Å². The number of carbonyl (C=O) groups excluding carboxylic acids is 3. The third-order valence-electron chi connectivity index (χ3n) is 10.6. The molecule has 18 nitrogen and oxygen atoms in total. The molecule has 3 atom stereocenters. The second kappa shape index (κ2) is 21.7. The van der Waals surface area contributed by atoms with Gasteiger partial charge in [-0.25, -0.2) is 42.5 Å². The predicted octanol–water partition coefficient (Wildman–Crippen LogP) is 3.01. The van der Waals surface area contributed by atoms with Gasteiger partial charge in [0.1, 0.15) is 68.6 Å². The second-order valence-electron chi connectivity index (χ2n) is 15.6. The third kappa shape index (κ3) is 11.8. The molecular formula is C51H43N3O15. The number of aliphatic hydroxyl groups is 3. The van der Waals surface area contributed by atoms with Gasteiger partial charge in [0.25, 0.3) is 0 Å². The Hall–Kier alpha value is -8.68. The molecule has 4 N–H and O–H groups in total. The monoisotopic (exact) mass is 937 g/mol. The van der Waals surface area contributed by atoms with Crippen molar-refractivity contribution in [2.24, 2.45) is 0 Å². The Kier molecular flexibility index (Phi) is 15.2. The van der Waals surface area contributed by atoms with E-state index in [9.17, 15) is 49.2 Å². The fourth-order valence-electron chi connectivity index (χ4n) is 7.20. The van der Waals surface area contributed by atoms with E-state index in [-0.39, 0.29) is 35.7 Å². The zero-order chi connectivity index (χ0) is 49.2. The molecule has 0 aliphatic heterocycles. The summed E-state index contributed by atoms with van der Waals surface area (Å²) in [7, 11) is 0. The van der Waals surface area contributed by atoms with Crippen LogP contribution >= 0.6 is 0 Å². The molecule has 7 aromatic rings. The molecule has 6 aromatic carbocycles. The average molecular weight is 938 g/mol. The third-order valence-corrected chi connectivity index (χ3v) is 10.6. The van der Waals surface area contributed by atoms with E-state index in [1.165, 1.54) is 36.4 Å². The Labute approximate surface area is 391 Å². The summed E-state index contributed by atoms with van der Waals surface area (Å²) in [5.41, 5.74) is -3.58. The maximum Gasteiger partial charge on any atom is 0.338 e. The Morgan fingerprint density at radius 3 is 1.12 bits per heavy atom. The summed E-state index contributed by atoms with van der Waals surface area (Å²) in [5, 5.41) is 46.7. The van der Waals surface area contributed by atoms with E-state index in [0.29, 0.717) is 46.7 Å². The van der Waals surface area contributed by atoms with Crippen molar-refractivity contribution in [1.82, 2.24) is 13.7 Å². The minimum absolute atomic E-state index is 0.0268. The van der Waals surface area contributed by atoms with Crippen LogP contribution in [-0.2, 0) is 33.8 Å². The van der Waals surface area contributed by atoms with Crippen molar-refractivity contribution in [3.05, 3.63) is 157 Å². The quantitative estimate of drug-likeness (QED) is 0.0518. The number of aliphatic hydroxyl groups excluding tert-OH is 3. The first-order chi connectivity index (χ1) is 33.2. The molecule has 0 saturated heterocycles. The summed E-state index contributed by atoms with van der Waals surface area (Å²) in [5.74, 6) is 3.28. The lowest BCUT2D eigenvalue weighted by molar-refractivity contribution is 0.0169. The molecule has 0 spiro atoms. The first-order valence-electron chi connectivity index (χ1n) is 21.1. The molecule has 0 radical (unpaired) electrons. The summed E-state index contributed by atoms with van der Waals surface area (Å²) in [6, 6.07) is 28.6. The molecule has 0 saturated carbocycles. The number of aromatic nitrogens is 3. The number of carbonyl (C=O) groups is 3. The highest BCUT2D eigenvalue weighted by molar-refractivity contribution is 5.97. The molecule has 1 aromatic heterocycles. The van der Waals surface area contributed by atoms with Gasteiger partial charge in [0.15, 0.2) is 0 Å². The summed E-state index contributed by atoms with van der Waals surface area (Å²) in [6.07, 6.45) is 5.40. The Balaban J connectivity index is 1.06.